The minimum atomic E-state index is -4.73. The first-order valence-electron chi connectivity index (χ1n) is 5.49. The maximum Gasteiger partial charge on any atom is 0.573 e. The fourth-order valence-corrected chi connectivity index (χ4v) is 1.88. The second-order valence-corrected chi connectivity index (χ2v) is 4.15. The highest BCUT2D eigenvalue weighted by atomic mass is 35.5. The van der Waals surface area contributed by atoms with E-state index in [-0.39, 0.29) is 11.6 Å². The van der Waals surface area contributed by atoms with Gasteiger partial charge >= 0.3 is 6.36 Å². The molecule has 1 nitrogen and oxygen atoms in total. The van der Waals surface area contributed by atoms with E-state index < -0.39 is 6.36 Å². The van der Waals surface area contributed by atoms with Gasteiger partial charge in [-0.1, -0.05) is 42.5 Å². The highest BCUT2D eigenvalue weighted by molar-refractivity contribution is 6.17. The summed E-state index contributed by atoms with van der Waals surface area (Å²) in [4.78, 5) is 0. The van der Waals surface area contributed by atoms with E-state index in [2.05, 4.69) is 4.74 Å². The van der Waals surface area contributed by atoms with Crippen LogP contribution in [0.3, 0.4) is 0 Å². The molecule has 0 N–H and O–H groups in total. The third-order valence-electron chi connectivity index (χ3n) is 2.51. The number of hydrogen-bond donors (Lipinski definition) is 0. The number of alkyl halides is 4. The molecule has 0 amide bonds. The fraction of sp³-hybridized carbons (Fsp3) is 0.143. The molecule has 0 saturated heterocycles. The molecule has 19 heavy (non-hydrogen) atoms. The maximum absolute atomic E-state index is 12.4. The van der Waals surface area contributed by atoms with Crippen LogP contribution in [0.1, 0.15) is 5.56 Å². The van der Waals surface area contributed by atoms with Crippen LogP contribution < -0.4 is 4.74 Å². The molecule has 0 radical (unpaired) electrons. The highest BCUT2D eigenvalue weighted by Crippen LogP contribution is 2.34. The maximum atomic E-state index is 12.4. The molecule has 0 heterocycles. The summed E-state index contributed by atoms with van der Waals surface area (Å²) in [7, 11) is 0. The molecule has 0 aliphatic rings. The van der Waals surface area contributed by atoms with Crippen LogP contribution >= 0.6 is 11.6 Å². The van der Waals surface area contributed by atoms with Crippen LogP contribution in [-0.4, -0.2) is 6.36 Å². The SMILES string of the molecule is FC(F)(F)Oc1cc(CCl)ccc1-c1ccccc1. The first-order valence-corrected chi connectivity index (χ1v) is 6.03. The van der Waals surface area contributed by atoms with Crippen molar-refractivity contribution in [3.8, 4) is 16.9 Å². The Morgan fingerprint density at radius 2 is 1.68 bits per heavy atom. The van der Waals surface area contributed by atoms with E-state index in [1.807, 2.05) is 0 Å². The summed E-state index contributed by atoms with van der Waals surface area (Å²) in [5.74, 6) is -0.111. The summed E-state index contributed by atoms with van der Waals surface area (Å²) in [6, 6.07) is 13.3. The molecule has 0 atom stereocenters. The van der Waals surface area contributed by atoms with Crippen molar-refractivity contribution in [1.29, 1.82) is 0 Å². The van der Waals surface area contributed by atoms with Crippen LogP contribution in [0.25, 0.3) is 11.1 Å². The van der Waals surface area contributed by atoms with Gasteiger partial charge in [0.25, 0.3) is 0 Å². The molecule has 0 spiro atoms. The molecule has 2 aromatic rings. The topological polar surface area (TPSA) is 9.23 Å². The third-order valence-corrected chi connectivity index (χ3v) is 2.82. The van der Waals surface area contributed by atoms with Crippen molar-refractivity contribution in [1.82, 2.24) is 0 Å². The molecule has 0 aliphatic carbocycles. The molecular weight excluding hydrogens is 277 g/mol. The van der Waals surface area contributed by atoms with Crippen LogP contribution in [0, 0.1) is 0 Å². The largest absolute Gasteiger partial charge is 0.573 e. The lowest BCUT2D eigenvalue weighted by atomic mass is 10.0. The van der Waals surface area contributed by atoms with Crippen molar-refractivity contribution in [2.24, 2.45) is 0 Å². The molecule has 0 aromatic heterocycles. The van der Waals surface area contributed by atoms with E-state index in [4.69, 9.17) is 11.6 Å². The zero-order chi connectivity index (χ0) is 13.9. The zero-order valence-corrected chi connectivity index (χ0v) is 10.5. The van der Waals surface area contributed by atoms with Crippen LogP contribution in [0.15, 0.2) is 48.5 Å². The van der Waals surface area contributed by atoms with Crippen molar-refractivity contribution in [3.05, 3.63) is 54.1 Å². The molecule has 2 aromatic carbocycles. The molecule has 0 fully saturated rings. The summed E-state index contributed by atoms with van der Waals surface area (Å²) in [5.41, 5.74) is 1.61. The molecule has 100 valence electrons. The van der Waals surface area contributed by atoms with Crippen molar-refractivity contribution >= 4 is 11.6 Å². The predicted octanol–water partition coefficient (Wildman–Crippen LogP) is 4.99. The van der Waals surface area contributed by atoms with Gasteiger partial charge in [0.05, 0.1) is 0 Å². The summed E-state index contributed by atoms with van der Waals surface area (Å²) in [6.45, 7) is 0. The molecule has 0 saturated carbocycles. The van der Waals surface area contributed by atoms with Crippen molar-refractivity contribution in [2.45, 2.75) is 12.2 Å². The van der Waals surface area contributed by atoms with Gasteiger partial charge < -0.3 is 4.74 Å². The highest BCUT2D eigenvalue weighted by Gasteiger charge is 2.32. The van der Waals surface area contributed by atoms with Gasteiger partial charge in [-0.05, 0) is 17.2 Å². The van der Waals surface area contributed by atoms with Crippen LogP contribution in [0.2, 0.25) is 0 Å². The average Bonchev–Trinajstić information content (AvgIpc) is 2.38. The smallest absolute Gasteiger partial charge is 0.405 e. The molecule has 0 unspecified atom stereocenters. The predicted molar refractivity (Wildman–Crippen MR) is 68.1 cm³/mol. The van der Waals surface area contributed by atoms with Crippen LogP contribution in [0.5, 0.6) is 5.75 Å². The van der Waals surface area contributed by atoms with E-state index in [1.54, 1.807) is 42.5 Å². The van der Waals surface area contributed by atoms with Gasteiger partial charge in [0, 0.05) is 11.4 Å². The number of benzene rings is 2. The Balaban J connectivity index is 2.48. The standard InChI is InChI=1S/C14H10ClF3O/c15-9-10-6-7-12(11-4-2-1-3-5-11)13(8-10)19-14(16,17)18/h1-8H,9H2. The Labute approximate surface area is 113 Å². The minimum Gasteiger partial charge on any atom is -0.405 e. The van der Waals surface area contributed by atoms with Crippen molar-refractivity contribution < 1.29 is 17.9 Å². The Morgan fingerprint density at radius 3 is 2.26 bits per heavy atom. The molecular formula is C14H10ClF3O. The van der Waals surface area contributed by atoms with Gasteiger partial charge in [-0.15, -0.1) is 24.8 Å². The average molecular weight is 287 g/mol. The van der Waals surface area contributed by atoms with Gasteiger partial charge in [0.1, 0.15) is 5.75 Å². The van der Waals surface area contributed by atoms with Gasteiger partial charge in [-0.2, -0.15) is 0 Å². The summed E-state index contributed by atoms with van der Waals surface area (Å²) < 4.78 is 41.3. The van der Waals surface area contributed by atoms with Gasteiger partial charge in [-0.3, -0.25) is 0 Å². The third kappa shape index (κ3) is 3.64. The van der Waals surface area contributed by atoms with Crippen LogP contribution in [0.4, 0.5) is 13.2 Å². The lowest BCUT2D eigenvalue weighted by molar-refractivity contribution is -0.274. The van der Waals surface area contributed by atoms with E-state index in [0.717, 1.165) is 0 Å². The quantitative estimate of drug-likeness (QED) is 0.722. The van der Waals surface area contributed by atoms with Crippen molar-refractivity contribution in [3.63, 3.8) is 0 Å². The van der Waals surface area contributed by atoms with E-state index in [0.29, 0.717) is 16.7 Å². The van der Waals surface area contributed by atoms with Gasteiger partial charge in [0.15, 0.2) is 0 Å². The second-order valence-electron chi connectivity index (χ2n) is 3.88. The Bertz CT molecular complexity index is 552. The number of halogens is 4. The molecule has 0 aliphatic heterocycles. The number of rotatable bonds is 3. The summed E-state index contributed by atoms with van der Waals surface area (Å²) >= 11 is 5.63. The van der Waals surface area contributed by atoms with Crippen molar-refractivity contribution in [2.75, 3.05) is 0 Å². The number of hydrogen-bond acceptors (Lipinski definition) is 1. The number of ether oxygens (including phenoxy) is 1. The monoisotopic (exact) mass is 286 g/mol. The van der Waals surface area contributed by atoms with Crippen LogP contribution in [-0.2, 0) is 5.88 Å². The first-order chi connectivity index (χ1) is 8.99. The zero-order valence-electron chi connectivity index (χ0n) is 9.75. The van der Waals surface area contributed by atoms with E-state index >= 15 is 0 Å². The Hall–Kier alpha value is -1.68. The van der Waals surface area contributed by atoms with Gasteiger partial charge in [0.2, 0.25) is 0 Å². The van der Waals surface area contributed by atoms with E-state index in [9.17, 15) is 13.2 Å². The molecule has 5 heteroatoms. The molecule has 0 bridgehead atoms. The second kappa shape index (κ2) is 5.53. The lowest BCUT2D eigenvalue weighted by Crippen LogP contribution is -2.17. The van der Waals surface area contributed by atoms with E-state index in [1.165, 1.54) is 6.07 Å². The summed E-state index contributed by atoms with van der Waals surface area (Å²) in [5, 5.41) is 0. The Kier molecular flexibility index (Phi) is 4.00. The lowest BCUT2D eigenvalue weighted by Gasteiger charge is -2.14. The Morgan fingerprint density at radius 1 is 1.00 bits per heavy atom. The molecule has 2 rings (SSSR count). The first kappa shape index (κ1) is 13.7. The minimum absolute atomic E-state index is 0.128. The summed E-state index contributed by atoms with van der Waals surface area (Å²) in [6.07, 6.45) is -4.73. The van der Waals surface area contributed by atoms with Gasteiger partial charge in [-0.25, -0.2) is 0 Å². The normalized spacial score (nSPS) is 11.4. The fourth-order valence-electron chi connectivity index (χ4n) is 1.72.